The third-order valence-electron chi connectivity index (χ3n) is 5.54. The van der Waals surface area contributed by atoms with E-state index in [0.717, 1.165) is 27.8 Å². The van der Waals surface area contributed by atoms with E-state index in [2.05, 4.69) is 20.0 Å². The summed E-state index contributed by atoms with van der Waals surface area (Å²) in [6, 6.07) is 17.4. The molecule has 182 valence electrons. The number of ether oxygens (including phenoxy) is 2. The van der Waals surface area contributed by atoms with Crippen LogP contribution in [0.4, 0.5) is 5.69 Å². The van der Waals surface area contributed by atoms with Gasteiger partial charge >= 0.3 is 0 Å². The molecule has 0 bridgehead atoms. The predicted molar refractivity (Wildman–Crippen MR) is 144 cm³/mol. The van der Waals surface area contributed by atoms with E-state index in [9.17, 15) is 10.1 Å². The van der Waals surface area contributed by atoms with Gasteiger partial charge in [-0.15, -0.1) is 0 Å². The number of hydrogen-bond acceptors (Lipinski definition) is 7. The first-order chi connectivity index (χ1) is 17.6. The van der Waals surface area contributed by atoms with E-state index >= 15 is 0 Å². The molecule has 2 aromatic heterocycles. The number of hydrogen-bond donors (Lipinski definition) is 3. The first kappa shape index (κ1) is 24.7. The van der Waals surface area contributed by atoms with Crippen LogP contribution in [0.2, 0.25) is 0 Å². The number of nitriles is 1. The predicted octanol–water partition coefficient (Wildman–Crippen LogP) is 5.16. The molecule has 0 saturated heterocycles. The molecular weight excluding hydrogens is 474 g/mol. The molecule has 0 spiro atoms. The lowest BCUT2D eigenvalue weighted by atomic mass is 10.0. The van der Waals surface area contributed by atoms with Crippen LogP contribution in [0.25, 0.3) is 28.2 Å². The SMILES string of the molecule is COc1ccc(CNC(=O)/C(C#N)=C/c2c[nH]c3ncc(-c4cccc(NSC)c4)cc23)cc1OC. The Kier molecular flexibility index (Phi) is 7.78. The minimum Gasteiger partial charge on any atom is -0.493 e. The number of carbonyl (C=O) groups excluding carboxylic acids is 1. The number of anilines is 1. The highest BCUT2D eigenvalue weighted by atomic mass is 32.2. The molecule has 0 radical (unpaired) electrons. The monoisotopic (exact) mass is 499 g/mol. The van der Waals surface area contributed by atoms with Crippen molar-refractivity contribution >= 4 is 40.7 Å². The fourth-order valence-corrected chi connectivity index (χ4v) is 4.12. The third-order valence-corrected chi connectivity index (χ3v) is 5.98. The second-order valence-electron chi connectivity index (χ2n) is 7.79. The average Bonchev–Trinajstić information content (AvgIpc) is 3.32. The van der Waals surface area contributed by atoms with Gasteiger partial charge in [-0.3, -0.25) is 4.79 Å². The molecule has 4 rings (SSSR count). The Morgan fingerprint density at radius 3 is 2.72 bits per heavy atom. The van der Waals surface area contributed by atoms with Crippen LogP contribution >= 0.6 is 11.9 Å². The molecule has 3 N–H and O–H groups in total. The van der Waals surface area contributed by atoms with Gasteiger partial charge in [0, 0.05) is 47.4 Å². The molecule has 0 aliphatic rings. The molecule has 0 unspecified atom stereocenters. The highest BCUT2D eigenvalue weighted by Crippen LogP contribution is 2.29. The minimum absolute atomic E-state index is 0.00653. The maximum Gasteiger partial charge on any atom is 0.262 e. The zero-order valence-electron chi connectivity index (χ0n) is 20.1. The summed E-state index contributed by atoms with van der Waals surface area (Å²) in [4.78, 5) is 20.4. The number of pyridine rings is 1. The fraction of sp³-hybridized carbons (Fsp3) is 0.148. The number of methoxy groups -OCH3 is 2. The van der Waals surface area contributed by atoms with Crippen molar-refractivity contribution in [2.45, 2.75) is 6.54 Å². The first-order valence-corrected chi connectivity index (χ1v) is 12.3. The molecule has 2 aromatic carbocycles. The van der Waals surface area contributed by atoms with Gasteiger partial charge in [-0.2, -0.15) is 5.26 Å². The van der Waals surface area contributed by atoms with Crippen LogP contribution in [0.5, 0.6) is 11.5 Å². The number of nitrogens with zero attached hydrogens (tertiary/aromatic N) is 2. The van der Waals surface area contributed by atoms with E-state index in [0.29, 0.717) is 22.7 Å². The third kappa shape index (κ3) is 5.45. The maximum atomic E-state index is 12.8. The summed E-state index contributed by atoms with van der Waals surface area (Å²) in [6.07, 6.45) is 7.08. The molecule has 0 aliphatic carbocycles. The van der Waals surface area contributed by atoms with E-state index in [-0.39, 0.29) is 12.1 Å². The highest BCUT2D eigenvalue weighted by Gasteiger charge is 2.13. The van der Waals surface area contributed by atoms with Crippen molar-refractivity contribution < 1.29 is 14.3 Å². The van der Waals surface area contributed by atoms with Crippen molar-refractivity contribution in [3.63, 3.8) is 0 Å². The standard InChI is InChI=1S/C27H25N5O3S/c1-34-24-8-7-17(9-25(24)35-2)14-31-27(33)19(13-28)10-21-16-30-26-23(21)12-20(15-29-26)18-5-4-6-22(11-18)32-36-3/h4-12,15-16,32H,14H2,1-3H3,(H,29,30)(H,31,33)/b19-10+. The lowest BCUT2D eigenvalue weighted by Gasteiger charge is -2.10. The van der Waals surface area contributed by atoms with Crippen LogP contribution in [0.1, 0.15) is 11.1 Å². The zero-order valence-corrected chi connectivity index (χ0v) is 20.9. The van der Waals surface area contributed by atoms with Gasteiger partial charge in [-0.25, -0.2) is 4.98 Å². The molecule has 2 heterocycles. The fourth-order valence-electron chi connectivity index (χ4n) is 3.75. The average molecular weight is 500 g/mol. The summed E-state index contributed by atoms with van der Waals surface area (Å²) in [6.45, 7) is 0.234. The van der Waals surface area contributed by atoms with Crippen LogP contribution in [-0.2, 0) is 11.3 Å². The minimum atomic E-state index is -0.471. The lowest BCUT2D eigenvalue weighted by Crippen LogP contribution is -2.24. The van der Waals surface area contributed by atoms with E-state index in [4.69, 9.17) is 9.47 Å². The number of amides is 1. The van der Waals surface area contributed by atoms with Crippen LogP contribution in [0.15, 0.2) is 66.5 Å². The summed E-state index contributed by atoms with van der Waals surface area (Å²) >= 11 is 1.52. The summed E-state index contributed by atoms with van der Waals surface area (Å²) in [7, 11) is 3.11. The van der Waals surface area contributed by atoms with E-state index in [1.165, 1.54) is 11.9 Å². The van der Waals surface area contributed by atoms with Crippen molar-refractivity contribution in [3.8, 4) is 28.7 Å². The Morgan fingerprint density at radius 2 is 1.97 bits per heavy atom. The summed E-state index contributed by atoms with van der Waals surface area (Å²) < 4.78 is 13.8. The van der Waals surface area contributed by atoms with Crippen molar-refractivity contribution in [1.82, 2.24) is 15.3 Å². The summed E-state index contributed by atoms with van der Waals surface area (Å²) in [5.74, 6) is 0.698. The number of rotatable bonds is 9. The Labute approximate surface area is 213 Å². The van der Waals surface area contributed by atoms with Gasteiger partial charge in [0.05, 0.1) is 14.2 Å². The smallest absolute Gasteiger partial charge is 0.262 e. The van der Waals surface area contributed by atoms with Crippen LogP contribution < -0.4 is 19.5 Å². The first-order valence-electron chi connectivity index (χ1n) is 11.0. The largest absolute Gasteiger partial charge is 0.493 e. The molecule has 4 aromatic rings. The van der Waals surface area contributed by atoms with Crippen LogP contribution in [0, 0.1) is 11.3 Å². The number of benzene rings is 2. The Bertz CT molecular complexity index is 1470. The Balaban J connectivity index is 1.56. The Morgan fingerprint density at radius 1 is 1.14 bits per heavy atom. The maximum absolute atomic E-state index is 12.8. The van der Waals surface area contributed by atoms with Gasteiger partial charge in [0.25, 0.3) is 5.91 Å². The van der Waals surface area contributed by atoms with Crippen molar-refractivity contribution in [2.24, 2.45) is 0 Å². The number of aromatic nitrogens is 2. The molecule has 9 heteroatoms. The quantitative estimate of drug-likeness (QED) is 0.166. The van der Waals surface area contributed by atoms with Gasteiger partial charge in [0.2, 0.25) is 0 Å². The number of aromatic amines is 1. The number of carbonyl (C=O) groups is 1. The zero-order chi connectivity index (χ0) is 25.5. The van der Waals surface area contributed by atoms with E-state index in [1.807, 2.05) is 48.7 Å². The van der Waals surface area contributed by atoms with Gasteiger partial charge in [-0.1, -0.05) is 30.1 Å². The van der Waals surface area contributed by atoms with Gasteiger partial charge in [0.15, 0.2) is 11.5 Å². The van der Waals surface area contributed by atoms with Crippen molar-refractivity contribution in [3.05, 3.63) is 77.6 Å². The van der Waals surface area contributed by atoms with Crippen molar-refractivity contribution in [1.29, 1.82) is 5.26 Å². The molecule has 8 nitrogen and oxygen atoms in total. The lowest BCUT2D eigenvalue weighted by molar-refractivity contribution is -0.117. The molecule has 0 saturated carbocycles. The number of fused-ring (bicyclic) bond motifs is 1. The van der Waals surface area contributed by atoms with Crippen molar-refractivity contribution in [2.75, 3.05) is 25.2 Å². The number of nitrogens with one attached hydrogen (secondary N) is 3. The van der Waals surface area contributed by atoms with Crippen LogP contribution in [0.3, 0.4) is 0 Å². The van der Waals surface area contributed by atoms with E-state index in [1.54, 1.807) is 44.8 Å². The second-order valence-corrected chi connectivity index (χ2v) is 8.41. The van der Waals surface area contributed by atoms with Gasteiger partial charge in [-0.05, 0) is 47.5 Å². The van der Waals surface area contributed by atoms with Crippen LogP contribution in [-0.4, -0.2) is 36.4 Å². The van der Waals surface area contributed by atoms with Gasteiger partial charge < -0.3 is 24.5 Å². The topological polar surface area (TPSA) is 112 Å². The molecule has 0 aliphatic heterocycles. The molecule has 36 heavy (non-hydrogen) atoms. The molecular formula is C27H25N5O3S. The number of H-pyrrole nitrogens is 1. The molecule has 1 amide bonds. The second kappa shape index (κ2) is 11.3. The Hall–Kier alpha value is -4.42. The highest BCUT2D eigenvalue weighted by molar-refractivity contribution is 7.99. The van der Waals surface area contributed by atoms with Gasteiger partial charge in [0.1, 0.15) is 17.3 Å². The normalized spacial score (nSPS) is 11.1. The van der Waals surface area contributed by atoms with E-state index < -0.39 is 5.91 Å². The summed E-state index contributed by atoms with van der Waals surface area (Å²) in [5, 5.41) is 13.3. The summed E-state index contributed by atoms with van der Waals surface area (Å²) in [5.41, 5.74) is 5.12. The molecule has 0 atom stereocenters. The molecule has 0 fully saturated rings.